The summed E-state index contributed by atoms with van der Waals surface area (Å²) in [5.41, 5.74) is 2.96. The standard InChI is InChI=1S/C8H11NO2.C3H6O2/c1-5-4-9-7(6(5)2)3-8(10)11;1-2-5-3-4/h4,9H,3H2,1-2H3,(H,10,11);3H,2H2,1H3. The van der Waals surface area contributed by atoms with Gasteiger partial charge in [0, 0.05) is 11.9 Å². The number of rotatable bonds is 4. The Morgan fingerprint density at radius 1 is 1.56 bits per heavy atom. The number of carboxylic acid groups (broad SMARTS) is 1. The van der Waals surface area contributed by atoms with Crippen molar-refractivity contribution in [2.75, 3.05) is 6.61 Å². The Balaban J connectivity index is 0.000000385. The first-order chi connectivity index (χ1) is 7.52. The molecule has 90 valence electrons. The lowest BCUT2D eigenvalue weighted by atomic mass is 10.1. The third-order valence-corrected chi connectivity index (χ3v) is 2.07. The number of ether oxygens (including phenoxy) is 1. The van der Waals surface area contributed by atoms with E-state index in [0.29, 0.717) is 13.1 Å². The third kappa shape index (κ3) is 5.19. The van der Waals surface area contributed by atoms with Crippen LogP contribution in [-0.4, -0.2) is 29.1 Å². The second-order valence-electron chi connectivity index (χ2n) is 3.20. The summed E-state index contributed by atoms with van der Waals surface area (Å²) in [5.74, 6) is -0.796. The summed E-state index contributed by atoms with van der Waals surface area (Å²) in [6.45, 7) is 6.54. The summed E-state index contributed by atoms with van der Waals surface area (Å²) in [6.07, 6.45) is 1.91. The molecule has 1 rings (SSSR count). The highest BCUT2D eigenvalue weighted by Gasteiger charge is 2.06. The number of carboxylic acids is 1. The molecule has 1 aromatic heterocycles. The quantitative estimate of drug-likeness (QED) is 0.763. The van der Waals surface area contributed by atoms with E-state index < -0.39 is 5.97 Å². The van der Waals surface area contributed by atoms with Crippen LogP contribution in [0.1, 0.15) is 23.7 Å². The minimum Gasteiger partial charge on any atom is -0.481 e. The largest absolute Gasteiger partial charge is 0.481 e. The molecule has 0 spiro atoms. The molecule has 0 aliphatic carbocycles. The van der Waals surface area contributed by atoms with E-state index in [2.05, 4.69) is 9.72 Å². The van der Waals surface area contributed by atoms with E-state index in [-0.39, 0.29) is 6.42 Å². The van der Waals surface area contributed by atoms with Crippen LogP contribution in [-0.2, 0) is 20.7 Å². The van der Waals surface area contributed by atoms with Gasteiger partial charge in [-0.3, -0.25) is 9.59 Å². The SMILES string of the molecule is CCOC=O.Cc1c[nH]c(CC(=O)O)c1C. The van der Waals surface area contributed by atoms with Gasteiger partial charge in [-0.05, 0) is 31.9 Å². The molecule has 0 saturated heterocycles. The molecule has 0 radical (unpaired) electrons. The highest BCUT2D eigenvalue weighted by Crippen LogP contribution is 2.11. The molecular weight excluding hydrogens is 210 g/mol. The first-order valence-electron chi connectivity index (χ1n) is 4.93. The Morgan fingerprint density at radius 3 is 2.44 bits per heavy atom. The number of H-pyrrole nitrogens is 1. The Labute approximate surface area is 94.4 Å². The first kappa shape index (κ1) is 14.2. The van der Waals surface area contributed by atoms with Crippen LogP contribution in [0.25, 0.3) is 0 Å². The van der Waals surface area contributed by atoms with Gasteiger partial charge in [-0.1, -0.05) is 0 Å². The molecule has 0 aromatic carbocycles. The highest BCUT2D eigenvalue weighted by atomic mass is 16.5. The molecule has 2 N–H and O–H groups in total. The van der Waals surface area contributed by atoms with Crippen molar-refractivity contribution in [2.45, 2.75) is 27.2 Å². The molecule has 0 aliphatic rings. The average molecular weight is 227 g/mol. The fourth-order valence-electron chi connectivity index (χ4n) is 1.05. The van der Waals surface area contributed by atoms with Crippen LogP contribution in [0.15, 0.2) is 6.20 Å². The zero-order chi connectivity index (χ0) is 12.6. The summed E-state index contributed by atoms with van der Waals surface area (Å²) in [4.78, 5) is 22.4. The summed E-state index contributed by atoms with van der Waals surface area (Å²) in [7, 11) is 0. The lowest BCUT2D eigenvalue weighted by molar-refractivity contribution is -0.136. The van der Waals surface area contributed by atoms with Crippen LogP contribution in [0.5, 0.6) is 0 Å². The molecule has 0 saturated carbocycles. The number of aromatic nitrogens is 1. The van der Waals surface area contributed by atoms with Gasteiger partial charge in [0.25, 0.3) is 6.47 Å². The lowest BCUT2D eigenvalue weighted by Gasteiger charge is -1.94. The molecule has 0 unspecified atom stereocenters. The van der Waals surface area contributed by atoms with Crippen LogP contribution in [0, 0.1) is 13.8 Å². The Bertz CT molecular complexity index is 344. The second-order valence-corrected chi connectivity index (χ2v) is 3.20. The number of nitrogens with one attached hydrogen (secondary N) is 1. The fourth-order valence-corrected chi connectivity index (χ4v) is 1.05. The smallest absolute Gasteiger partial charge is 0.309 e. The summed E-state index contributed by atoms with van der Waals surface area (Å²) >= 11 is 0. The molecule has 0 bridgehead atoms. The van der Waals surface area contributed by atoms with Crippen molar-refractivity contribution in [3.8, 4) is 0 Å². The van der Waals surface area contributed by atoms with Crippen molar-refractivity contribution < 1.29 is 19.4 Å². The van der Waals surface area contributed by atoms with E-state index in [1.54, 1.807) is 6.92 Å². The number of aryl methyl sites for hydroxylation is 1. The topological polar surface area (TPSA) is 79.4 Å². The zero-order valence-electron chi connectivity index (χ0n) is 9.74. The van der Waals surface area contributed by atoms with Crippen molar-refractivity contribution in [1.29, 1.82) is 0 Å². The highest BCUT2D eigenvalue weighted by molar-refractivity contribution is 5.70. The minimum absolute atomic E-state index is 0.0830. The molecule has 1 heterocycles. The van der Waals surface area contributed by atoms with E-state index in [4.69, 9.17) is 5.11 Å². The molecule has 0 fully saturated rings. The van der Waals surface area contributed by atoms with E-state index >= 15 is 0 Å². The monoisotopic (exact) mass is 227 g/mol. The molecule has 0 atom stereocenters. The Morgan fingerprint density at radius 2 is 2.19 bits per heavy atom. The van der Waals surface area contributed by atoms with Crippen molar-refractivity contribution in [3.63, 3.8) is 0 Å². The Kier molecular flexibility index (Phi) is 6.67. The third-order valence-electron chi connectivity index (χ3n) is 2.07. The Hall–Kier alpha value is -1.78. The predicted molar refractivity (Wildman–Crippen MR) is 59.3 cm³/mol. The van der Waals surface area contributed by atoms with Crippen LogP contribution in [0.4, 0.5) is 0 Å². The normalized spacial score (nSPS) is 8.94. The minimum atomic E-state index is -0.796. The summed E-state index contributed by atoms with van der Waals surface area (Å²) in [6, 6.07) is 0. The summed E-state index contributed by atoms with van der Waals surface area (Å²) in [5, 5.41) is 8.48. The van der Waals surface area contributed by atoms with Gasteiger partial charge < -0.3 is 14.8 Å². The van der Waals surface area contributed by atoms with Crippen LogP contribution in [0.3, 0.4) is 0 Å². The molecule has 5 nitrogen and oxygen atoms in total. The molecule has 0 amide bonds. The van der Waals surface area contributed by atoms with Crippen molar-refractivity contribution in [3.05, 3.63) is 23.0 Å². The van der Waals surface area contributed by atoms with Crippen LogP contribution >= 0.6 is 0 Å². The van der Waals surface area contributed by atoms with E-state index in [0.717, 1.165) is 16.8 Å². The number of hydrogen-bond acceptors (Lipinski definition) is 3. The summed E-state index contributed by atoms with van der Waals surface area (Å²) < 4.78 is 4.15. The van der Waals surface area contributed by atoms with Gasteiger partial charge >= 0.3 is 5.97 Å². The number of carbonyl (C=O) groups is 2. The maximum atomic E-state index is 10.3. The van der Waals surface area contributed by atoms with Crippen molar-refractivity contribution >= 4 is 12.4 Å². The van der Waals surface area contributed by atoms with E-state index in [1.807, 2.05) is 20.0 Å². The van der Waals surface area contributed by atoms with Crippen LogP contribution in [0.2, 0.25) is 0 Å². The molecule has 5 heteroatoms. The molecule has 16 heavy (non-hydrogen) atoms. The van der Waals surface area contributed by atoms with Gasteiger partial charge in [0.1, 0.15) is 0 Å². The molecular formula is C11H17NO4. The van der Waals surface area contributed by atoms with Crippen LogP contribution < -0.4 is 0 Å². The van der Waals surface area contributed by atoms with E-state index in [1.165, 1.54) is 0 Å². The number of aliphatic carboxylic acids is 1. The number of carbonyl (C=O) groups excluding carboxylic acids is 1. The molecule has 1 aromatic rings. The second kappa shape index (κ2) is 7.50. The van der Waals surface area contributed by atoms with Crippen molar-refractivity contribution in [2.24, 2.45) is 0 Å². The fraction of sp³-hybridized carbons (Fsp3) is 0.455. The number of aromatic amines is 1. The van der Waals surface area contributed by atoms with Gasteiger partial charge in [0.15, 0.2) is 0 Å². The van der Waals surface area contributed by atoms with Gasteiger partial charge in [-0.15, -0.1) is 0 Å². The van der Waals surface area contributed by atoms with Gasteiger partial charge in [-0.2, -0.15) is 0 Å². The van der Waals surface area contributed by atoms with E-state index in [9.17, 15) is 9.59 Å². The maximum absolute atomic E-state index is 10.3. The predicted octanol–water partition coefficient (Wildman–Crippen LogP) is 1.44. The number of hydrogen-bond donors (Lipinski definition) is 2. The average Bonchev–Trinajstić information content (AvgIpc) is 2.51. The van der Waals surface area contributed by atoms with Gasteiger partial charge in [-0.25, -0.2) is 0 Å². The van der Waals surface area contributed by atoms with Gasteiger partial charge in [0.05, 0.1) is 13.0 Å². The maximum Gasteiger partial charge on any atom is 0.309 e. The first-order valence-corrected chi connectivity index (χ1v) is 4.93. The van der Waals surface area contributed by atoms with Gasteiger partial charge in [0.2, 0.25) is 0 Å². The van der Waals surface area contributed by atoms with Crippen molar-refractivity contribution in [1.82, 2.24) is 4.98 Å². The lowest BCUT2D eigenvalue weighted by Crippen LogP contribution is -2.01. The zero-order valence-corrected chi connectivity index (χ0v) is 9.74. The molecule has 0 aliphatic heterocycles.